The van der Waals surface area contributed by atoms with Crippen LogP contribution in [0, 0.1) is 11.6 Å². The summed E-state index contributed by atoms with van der Waals surface area (Å²) < 4.78 is 26.6. The van der Waals surface area contributed by atoms with Crippen LogP contribution in [0.5, 0.6) is 0 Å². The lowest BCUT2D eigenvalue weighted by atomic mass is 10.1. The number of nitrogens with one attached hydrogen (secondary N) is 1. The Morgan fingerprint density at radius 1 is 0.789 bits per heavy atom. The summed E-state index contributed by atoms with van der Waals surface area (Å²) in [6.07, 6.45) is 0.785. The van der Waals surface area contributed by atoms with Crippen LogP contribution in [0.4, 0.5) is 14.5 Å². The van der Waals surface area contributed by atoms with E-state index in [1.54, 1.807) is 31.2 Å². The number of rotatable bonds is 6. The van der Waals surface area contributed by atoms with Gasteiger partial charge in [0.2, 0.25) is 11.8 Å². The van der Waals surface area contributed by atoms with Crippen molar-refractivity contribution in [1.29, 1.82) is 0 Å². The van der Waals surface area contributed by atoms with E-state index in [4.69, 9.17) is 0 Å². The summed E-state index contributed by atoms with van der Waals surface area (Å²) in [6.45, 7) is 5.93. The maximum absolute atomic E-state index is 13.4. The van der Waals surface area contributed by atoms with E-state index >= 15 is 0 Å². The zero-order chi connectivity index (χ0) is 26.9. The highest BCUT2D eigenvalue weighted by molar-refractivity contribution is 5.92. The molecule has 0 bridgehead atoms. The van der Waals surface area contributed by atoms with Gasteiger partial charge in [-0.05, 0) is 53.4 Å². The maximum atomic E-state index is 13.4. The lowest BCUT2D eigenvalue weighted by Gasteiger charge is -2.27. The number of hydrogen-bond acceptors (Lipinski definition) is 4. The van der Waals surface area contributed by atoms with Crippen molar-refractivity contribution in [2.24, 2.45) is 0 Å². The number of carbonyl (C=O) groups is 2. The first-order valence-corrected chi connectivity index (χ1v) is 12.9. The van der Waals surface area contributed by atoms with Crippen molar-refractivity contribution >= 4 is 17.5 Å². The molecule has 1 aliphatic rings. The molecule has 0 saturated carbocycles. The number of fused-ring (bicyclic) bond motifs is 1. The van der Waals surface area contributed by atoms with Crippen molar-refractivity contribution in [2.75, 3.05) is 37.6 Å². The van der Waals surface area contributed by atoms with Crippen LogP contribution in [0.15, 0.2) is 72.8 Å². The molecular weight excluding hydrogens is 486 g/mol. The zero-order valence-electron chi connectivity index (χ0n) is 21.7. The highest BCUT2D eigenvalue weighted by Crippen LogP contribution is 2.24. The minimum Gasteiger partial charge on any atom is -0.351 e. The molecule has 1 aliphatic heterocycles. The summed E-state index contributed by atoms with van der Waals surface area (Å²) in [4.78, 5) is 31.7. The van der Waals surface area contributed by atoms with Gasteiger partial charge >= 0.3 is 0 Å². The Morgan fingerprint density at radius 2 is 1.42 bits per heavy atom. The normalized spacial score (nSPS) is 15.4. The van der Waals surface area contributed by atoms with E-state index in [0.717, 1.165) is 35.3 Å². The van der Waals surface area contributed by atoms with Crippen molar-refractivity contribution in [2.45, 2.75) is 33.0 Å². The molecule has 0 aromatic heterocycles. The third-order valence-electron chi connectivity index (χ3n) is 6.73. The summed E-state index contributed by atoms with van der Waals surface area (Å²) in [5, 5.41) is 2.93. The molecule has 6 nitrogen and oxygen atoms in total. The maximum Gasteiger partial charge on any atom is 0.234 e. The van der Waals surface area contributed by atoms with Crippen molar-refractivity contribution in [3.8, 4) is 0 Å². The lowest BCUT2D eigenvalue weighted by Crippen LogP contribution is -2.41. The minimum atomic E-state index is -0.313. The topological polar surface area (TPSA) is 55.9 Å². The van der Waals surface area contributed by atoms with Crippen molar-refractivity contribution < 1.29 is 18.4 Å². The number of nitrogens with zero attached hydrogens (tertiary/aromatic N) is 3. The third kappa shape index (κ3) is 7.94. The van der Waals surface area contributed by atoms with E-state index in [0.29, 0.717) is 39.3 Å². The molecular formula is C30H34F2N4O2. The molecule has 0 radical (unpaired) electrons. The predicted molar refractivity (Wildman–Crippen MR) is 144 cm³/mol. The van der Waals surface area contributed by atoms with Gasteiger partial charge in [-0.3, -0.25) is 19.4 Å². The van der Waals surface area contributed by atoms with Crippen LogP contribution >= 0.6 is 0 Å². The van der Waals surface area contributed by atoms with Gasteiger partial charge in [-0.25, -0.2) is 8.78 Å². The molecule has 4 rings (SSSR count). The fraction of sp³-hybridized carbons (Fsp3) is 0.333. The number of halogens is 2. The number of benzene rings is 3. The summed E-state index contributed by atoms with van der Waals surface area (Å²) in [5.74, 6) is -0.730. The monoisotopic (exact) mass is 520 g/mol. The standard InChI is InChI=1S/C30H34F2N4O2/c1-23(37)36-16-4-15-34(20-25-9-13-28(32)14-10-25)17-18-35(21-26-5-2-3-6-29(26)36)22-30(38)33-19-24-7-11-27(31)12-8-24/h2-3,5-14H,4,15-22H2,1H3,(H,33,38). The zero-order valence-corrected chi connectivity index (χ0v) is 21.7. The average Bonchev–Trinajstić information content (AvgIpc) is 2.93. The first-order chi connectivity index (χ1) is 18.4. The molecule has 38 heavy (non-hydrogen) atoms. The van der Waals surface area contributed by atoms with E-state index in [1.165, 1.54) is 24.3 Å². The van der Waals surface area contributed by atoms with Gasteiger partial charge in [0.05, 0.1) is 6.54 Å². The van der Waals surface area contributed by atoms with Crippen LogP contribution in [0.3, 0.4) is 0 Å². The van der Waals surface area contributed by atoms with Gasteiger partial charge in [0, 0.05) is 58.4 Å². The van der Waals surface area contributed by atoms with E-state index in [9.17, 15) is 18.4 Å². The quantitative estimate of drug-likeness (QED) is 0.526. The molecule has 1 heterocycles. The number of anilines is 1. The van der Waals surface area contributed by atoms with Gasteiger partial charge in [0.1, 0.15) is 11.6 Å². The van der Waals surface area contributed by atoms with E-state index in [2.05, 4.69) is 15.1 Å². The van der Waals surface area contributed by atoms with E-state index in [-0.39, 0.29) is 30.0 Å². The van der Waals surface area contributed by atoms with Crippen LogP contribution in [0.2, 0.25) is 0 Å². The van der Waals surface area contributed by atoms with Gasteiger partial charge in [0.15, 0.2) is 0 Å². The van der Waals surface area contributed by atoms with Crippen LogP contribution in [0.25, 0.3) is 0 Å². The van der Waals surface area contributed by atoms with Crippen LogP contribution < -0.4 is 10.2 Å². The Labute approximate surface area is 222 Å². The number of carbonyl (C=O) groups excluding carboxylic acids is 2. The molecule has 8 heteroatoms. The summed E-state index contributed by atoms with van der Waals surface area (Å²) in [7, 11) is 0. The van der Waals surface area contributed by atoms with E-state index in [1.807, 2.05) is 29.2 Å². The minimum absolute atomic E-state index is 0.0228. The summed E-state index contributed by atoms with van der Waals surface area (Å²) in [6, 6.07) is 20.4. The Bertz CT molecular complexity index is 1220. The predicted octanol–water partition coefficient (Wildman–Crippen LogP) is 4.34. The summed E-state index contributed by atoms with van der Waals surface area (Å²) in [5.41, 5.74) is 3.69. The Balaban J connectivity index is 1.51. The fourth-order valence-corrected chi connectivity index (χ4v) is 4.73. The van der Waals surface area contributed by atoms with Crippen LogP contribution in [-0.4, -0.2) is 54.3 Å². The molecule has 2 amide bonds. The molecule has 0 aliphatic carbocycles. The Hall–Kier alpha value is -3.62. The van der Waals surface area contributed by atoms with Gasteiger partial charge < -0.3 is 10.2 Å². The van der Waals surface area contributed by atoms with E-state index < -0.39 is 0 Å². The first kappa shape index (κ1) is 27.4. The molecule has 3 aromatic rings. The summed E-state index contributed by atoms with van der Waals surface area (Å²) >= 11 is 0. The molecule has 3 aromatic carbocycles. The Kier molecular flexibility index (Phi) is 9.56. The highest BCUT2D eigenvalue weighted by Gasteiger charge is 2.21. The number of hydrogen-bond donors (Lipinski definition) is 1. The van der Waals surface area contributed by atoms with Crippen molar-refractivity contribution in [3.63, 3.8) is 0 Å². The first-order valence-electron chi connectivity index (χ1n) is 12.9. The van der Waals surface area contributed by atoms with Gasteiger partial charge in [-0.2, -0.15) is 0 Å². The third-order valence-corrected chi connectivity index (χ3v) is 6.73. The molecule has 0 saturated heterocycles. The molecule has 0 unspecified atom stereocenters. The second-order valence-electron chi connectivity index (χ2n) is 9.67. The lowest BCUT2D eigenvalue weighted by molar-refractivity contribution is -0.122. The second kappa shape index (κ2) is 13.3. The smallest absolute Gasteiger partial charge is 0.234 e. The molecule has 0 atom stereocenters. The second-order valence-corrected chi connectivity index (χ2v) is 9.67. The molecule has 200 valence electrons. The molecule has 0 fully saturated rings. The van der Waals surface area contributed by atoms with Gasteiger partial charge in [-0.15, -0.1) is 0 Å². The molecule has 1 N–H and O–H groups in total. The van der Waals surface area contributed by atoms with Crippen LogP contribution in [-0.2, 0) is 29.2 Å². The van der Waals surface area contributed by atoms with Crippen molar-refractivity contribution in [1.82, 2.24) is 15.1 Å². The highest BCUT2D eigenvalue weighted by atomic mass is 19.1. The number of para-hydroxylation sites is 1. The molecule has 0 spiro atoms. The fourth-order valence-electron chi connectivity index (χ4n) is 4.73. The SMILES string of the molecule is CC(=O)N1CCCN(Cc2ccc(F)cc2)CCN(CC(=O)NCc2ccc(F)cc2)Cc2ccccc21. The number of amides is 2. The Morgan fingerprint density at radius 3 is 2.11 bits per heavy atom. The van der Waals surface area contributed by atoms with Gasteiger partial charge in [0.25, 0.3) is 0 Å². The largest absolute Gasteiger partial charge is 0.351 e. The van der Waals surface area contributed by atoms with Gasteiger partial charge in [-0.1, -0.05) is 42.5 Å². The average molecular weight is 521 g/mol. The van der Waals surface area contributed by atoms with Crippen molar-refractivity contribution in [3.05, 3.63) is 101 Å². The van der Waals surface area contributed by atoms with Crippen LogP contribution in [0.1, 0.15) is 30.0 Å².